The average molecular weight is 345 g/mol. The van der Waals surface area contributed by atoms with Gasteiger partial charge in [0.15, 0.2) is 0 Å². The van der Waals surface area contributed by atoms with Crippen molar-refractivity contribution in [2.45, 2.75) is 32.2 Å². The number of hydrogen-bond acceptors (Lipinski definition) is 3. The van der Waals surface area contributed by atoms with E-state index in [0.717, 1.165) is 17.7 Å². The lowest BCUT2D eigenvalue weighted by atomic mass is 10.0. The number of nitriles is 1. The van der Waals surface area contributed by atoms with Gasteiger partial charge < -0.3 is 10.2 Å². The summed E-state index contributed by atoms with van der Waals surface area (Å²) in [6.45, 7) is 2.02. The lowest BCUT2D eigenvalue weighted by molar-refractivity contribution is -0.132. The zero-order valence-electron chi connectivity index (χ0n) is 14.5. The van der Waals surface area contributed by atoms with Crippen LogP contribution in [0.4, 0.5) is 11.4 Å². The van der Waals surface area contributed by atoms with Gasteiger partial charge in [0.05, 0.1) is 11.6 Å². The number of fused-ring (bicyclic) bond motifs is 1. The molecule has 0 saturated heterocycles. The Morgan fingerprint density at radius 1 is 1.15 bits per heavy atom. The van der Waals surface area contributed by atoms with Crippen LogP contribution in [0.3, 0.4) is 0 Å². The van der Waals surface area contributed by atoms with Crippen LogP contribution in [0, 0.1) is 16.7 Å². The summed E-state index contributed by atoms with van der Waals surface area (Å²) in [6.07, 6.45) is 1.95. The number of amides is 2. The second-order valence-electron chi connectivity index (χ2n) is 7.08. The van der Waals surface area contributed by atoms with Gasteiger partial charge in [-0.3, -0.25) is 9.59 Å². The number of carbonyl (C=O) groups excluding carboxylic acids is 2. The first-order valence-electron chi connectivity index (χ1n) is 8.78. The molecule has 2 aromatic carbocycles. The molecule has 1 aliphatic carbocycles. The Kier molecular flexibility index (Phi) is 3.77. The van der Waals surface area contributed by atoms with Crippen LogP contribution in [-0.4, -0.2) is 17.9 Å². The van der Waals surface area contributed by atoms with Gasteiger partial charge in [-0.2, -0.15) is 5.26 Å². The molecule has 1 atom stereocenters. The van der Waals surface area contributed by atoms with Crippen molar-refractivity contribution < 1.29 is 9.59 Å². The number of nitrogens with zero attached hydrogens (tertiary/aromatic N) is 2. The van der Waals surface area contributed by atoms with Gasteiger partial charge in [-0.25, -0.2) is 0 Å². The Morgan fingerprint density at radius 2 is 1.85 bits per heavy atom. The van der Waals surface area contributed by atoms with Crippen molar-refractivity contribution >= 4 is 23.2 Å². The normalized spacial score (nSPS) is 19.4. The van der Waals surface area contributed by atoms with Crippen molar-refractivity contribution in [3.05, 3.63) is 59.7 Å². The molecule has 1 fully saturated rings. The van der Waals surface area contributed by atoms with Crippen LogP contribution in [0.25, 0.3) is 0 Å². The van der Waals surface area contributed by atoms with Gasteiger partial charge >= 0.3 is 0 Å². The van der Waals surface area contributed by atoms with Crippen molar-refractivity contribution in [3.8, 4) is 6.07 Å². The number of benzene rings is 2. The summed E-state index contributed by atoms with van der Waals surface area (Å²) in [7, 11) is 0. The van der Waals surface area contributed by atoms with Crippen LogP contribution in [0.2, 0.25) is 0 Å². The van der Waals surface area contributed by atoms with Gasteiger partial charge in [-0.05, 0) is 62.1 Å². The van der Waals surface area contributed by atoms with E-state index in [2.05, 4.69) is 5.32 Å². The van der Waals surface area contributed by atoms with Crippen molar-refractivity contribution in [1.82, 2.24) is 0 Å². The summed E-state index contributed by atoms with van der Waals surface area (Å²) in [4.78, 5) is 27.9. The Morgan fingerprint density at radius 3 is 2.50 bits per heavy atom. The van der Waals surface area contributed by atoms with E-state index in [1.54, 1.807) is 29.2 Å². The number of para-hydroxylation sites is 1. The predicted octanol–water partition coefficient (Wildman–Crippen LogP) is 3.25. The average Bonchev–Trinajstić information content (AvgIpc) is 3.39. The molecule has 5 nitrogen and oxygen atoms in total. The number of carbonyl (C=O) groups is 2. The summed E-state index contributed by atoms with van der Waals surface area (Å²) >= 11 is 0. The molecule has 1 heterocycles. The largest absolute Gasteiger partial charge is 0.325 e. The first kappa shape index (κ1) is 16.3. The fraction of sp³-hybridized carbons (Fsp3) is 0.286. The zero-order chi connectivity index (χ0) is 18.3. The van der Waals surface area contributed by atoms with Crippen LogP contribution in [0.15, 0.2) is 48.5 Å². The summed E-state index contributed by atoms with van der Waals surface area (Å²) in [5.41, 5.74) is 2.23. The fourth-order valence-electron chi connectivity index (χ4n) is 3.65. The van der Waals surface area contributed by atoms with Crippen molar-refractivity contribution in [1.29, 1.82) is 5.26 Å². The van der Waals surface area contributed by atoms with Crippen LogP contribution >= 0.6 is 0 Å². The van der Waals surface area contributed by atoms with Crippen molar-refractivity contribution in [2.24, 2.45) is 5.41 Å². The molecular weight excluding hydrogens is 326 g/mol. The van der Waals surface area contributed by atoms with Crippen LogP contribution in [0.5, 0.6) is 0 Å². The molecule has 2 aromatic rings. The van der Waals surface area contributed by atoms with Gasteiger partial charge in [-0.1, -0.05) is 18.2 Å². The van der Waals surface area contributed by atoms with Crippen LogP contribution in [-0.2, 0) is 16.0 Å². The van der Waals surface area contributed by atoms with E-state index >= 15 is 0 Å². The first-order valence-corrected chi connectivity index (χ1v) is 8.78. The maximum absolute atomic E-state index is 13.3. The highest BCUT2D eigenvalue weighted by Gasteiger charge is 2.59. The maximum Gasteiger partial charge on any atom is 0.242 e. The highest BCUT2D eigenvalue weighted by atomic mass is 16.2. The first-order chi connectivity index (χ1) is 12.5. The minimum absolute atomic E-state index is 0.0556. The lowest BCUT2D eigenvalue weighted by Gasteiger charge is -2.27. The van der Waals surface area contributed by atoms with E-state index in [9.17, 15) is 9.59 Å². The highest BCUT2D eigenvalue weighted by Crippen LogP contribution is 2.50. The van der Waals surface area contributed by atoms with Crippen molar-refractivity contribution in [3.63, 3.8) is 0 Å². The second-order valence-corrected chi connectivity index (χ2v) is 7.08. The minimum atomic E-state index is -0.973. The van der Waals surface area contributed by atoms with E-state index in [1.165, 1.54) is 0 Å². The minimum Gasteiger partial charge on any atom is -0.325 e. The number of rotatable bonds is 3. The fourth-order valence-corrected chi connectivity index (χ4v) is 3.65. The summed E-state index contributed by atoms with van der Waals surface area (Å²) in [5.74, 6) is -0.370. The topological polar surface area (TPSA) is 73.2 Å². The molecule has 1 unspecified atom stereocenters. The van der Waals surface area contributed by atoms with E-state index < -0.39 is 5.41 Å². The smallest absolute Gasteiger partial charge is 0.242 e. The van der Waals surface area contributed by atoms with Gasteiger partial charge in [0, 0.05) is 17.4 Å². The van der Waals surface area contributed by atoms with Gasteiger partial charge in [-0.15, -0.1) is 0 Å². The Labute approximate surface area is 152 Å². The van der Waals surface area contributed by atoms with Gasteiger partial charge in [0.25, 0.3) is 0 Å². The molecule has 4 rings (SSSR count). The number of nitrogens with one attached hydrogen (secondary N) is 1. The molecule has 2 aliphatic rings. The Balaban J connectivity index is 1.56. The van der Waals surface area contributed by atoms with Gasteiger partial charge in [0.1, 0.15) is 5.41 Å². The molecule has 2 amide bonds. The monoisotopic (exact) mass is 345 g/mol. The molecule has 0 spiro atoms. The predicted molar refractivity (Wildman–Crippen MR) is 98.5 cm³/mol. The Bertz CT molecular complexity index is 923. The number of hydrogen-bond donors (Lipinski definition) is 1. The second kappa shape index (κ2) is 5.99. The standard InChI is InChI=1S/C21H19N3O2/c1-14-12-16-4-2-3-5-18(16)24(14)20(26)21(10-11-21)19(25)23-17-8-6-15(13-22)7-9-17/h2-9,14H,10-12H2,1H3,(H,23,25). The third kappa shape index (κ3) is 2.55. The summed E-state index contributed by atoms with van der Waals surface area (Å²) < 4.78 is 0. The molecule has 0 radical (unpaired) electrons. The third-order valence-corrected chi connectivity index (χ3v) is 5.29. The molecule has 26 heavy (non-hydrogen) atoms. The quantitative estimate of drug-likeness (QED) is 0.868. The Hall–Kier alpha value is -3.13. The van der Waals surface area contributed by atoms with Crippen LogP contribution in [0.1, 0.15) is 30.9 Å². The molecule has 5 heteroatoms. The molecule has 1 saturated carbocycles. The van der Waals surface area contributed by atoms with E-state index in [1.807, 2.05) is 37.3 Å². The summed E-state index contributed by atoms with van der Waals surface area (Å²) in [5, 5.41) is 11.7. The third-order valence-electron chi connectivity index (χ3n) is 5.29. The van der Waals surface area contributed by atoms with Crippen molar-refractivity contribution in [2.75, 3.05) is 10.2 Å². The molecule has 0 bridgehead atoms. The number of anilines is 2. The lowest BCUT2D eigenvalue weighted by Crippen LogP contribution is -2.45. The molecule has 0 aromatic heterocycles. The van der Waals surface area contributed by atoms with E-state index in [4.69, 9.17) is 5.26 Å². The molecule has 130 valence electrons. The van der Waals surface area contributed by atoms with E-state index in [-0.39, 0.29) is 17.9 Å². The summed E-state index contributed by atoms with van der Waals surface area (Å²) in [6, 6.07) is 16.7. The maximum atomic E-state index is 13.3. The molecule has 1 N–H and O–H groups in total. The zero-order valence-corrected chi connectivity index (χ0v) is 14.5. The van der Waals surface area contributed by atoms with E-state index in [0.29, 0.717) is 24.1 Å². The SMILES string of the molecule is CC1Cc2ccccc2N1C(=O)C1(C(=O)Nc2ccc(C#N)cc2)CC1. The molecule has 1 aliphatic heterocycles. The highest BCUT2D eigenvalue weighted by molar-refractivity contribution is 6.18. The van der Waals surface area contributed by atoms with Gasteiger partial charge in [0.2, 0.25) is 11.8 Å². The molecular formula is C21H19N3O2. The van der Waals surface area contributed by atoms with Crippen LogP contribution < -0.4 is 10.2 Å².